The molecule has 1 atom stereocenters. The Bertz CT molecular complexity index is 1540. The van der Waals surface area contributed by atoms with Crippen LogP contribution in [0, 0.1) is 6.92 Å². The van der Waals surface area contributed by atoms with E-state index in [0.29, 0.717) is 27.4 Å². The van der Waals surface area contributed by atoms with Crippen LogP contribution in [0.2, 0.25) is 5.02 Å². The molecule has 1 aliphatic rings. The molecular weight excluding hydrogens is 492 g/mol. The van der Waals surface area contributed by atoms with E-state index < -0.39 is 29.5 Å². The molecule has 1 unspecified atom stereocenters. The largest absolute Gasteiger partial charge is 0.503 e. The van der Waals surface area contributed by atoms with Gasteiger partial charge in [-0.3, -0.25) is 14.5 Å². The second kappa shape index (κ2) is 8.68. The molecule has 35 heavy (non-hydrogen) atoms. The number of hydrogen-bond acceptors (Lipinski definition) is 8. The first kappa shape index (κ1) is 22.8. The number of aliphatic hydroxyl groups is 1. The van der Waals surface area contributed by atoms with E-state index in [4.69, 9.17) is 20.8 Å². The standard InChI is InChI=1S/C25H17ClN2O6S/c1-12-3-10-17(34-12)21(29)19-20(13-4-6-14(7-5-13)24(32)33-2)28(23(31)22(19)30)25-27-16-9-8-15(26)11-18(16)35-25/h3-11,20,30H,1-2H3. The normalized spacial score (nSPS) is 15.8. The van der Waals surface area contributed by atoms with Gasteiger partial charge in [-0.1, -0.05) is 35.1 Å². The van der Waals surface area contributed by atoms with Gasteiger partial charge < -0.3 is 14.3 Å². The van der Waals surface area contributed by atoms with Gasteiger partial charge in [-0.25, -0.2) is 9.78 Å². The van der Waals surface area contributed by atoms with Crippen LogP contribution in [0.1, 0.15) is 38.3 Å². The van der Waals surface area contributed by atoms with Crippen molar-refractivity contribution in [3.05, 3.63) is 93.6 Å². The molecule has 0 saturated heterocycles. The van der Waals surface area contributed by atoms with Crippen LogP contribution in [-0.4, -0.2) is 34.9 Å². The van der Waals surface area contributed by atoms with E-state index in [1.165, 1.54) is 41.5 Å². The van der Waals surface area contributed by atoms with Crippen molar-refractivity contribution in [3.8, 4) is 0 Å². The molecule has 2 aromatic carbocycles. The van der Waals surface area contributed by atoms with Crippen molar-refractivity contribution in [2.75, 3.05) is 12.0 Å². The average molecular weight is 509 g/mol. The van der Waals surface area contributed by atoms with E-state index in [1.807, 2.05) is 0 Å². The Balaban J connectivity index is 1.66. The predicted molar refractivity (Wildman–Crippen MR) is 130 cm³/mol. The number of carbonyl (C=O) groups is 3. The number of halogens is 1. The maximum atomic E-state index is 13.4. The number of ether oxygens (including phenoxy) is 1. The number of ketones is 1. The number of furan rings is 1. The minimum absolute atomic E-state index is 0.00837. The molecule has 0 spiro atoms. The number of rotatable bonds is 5. The van der Waals surface area contributed by atoms with Gasteiger partial charge in [0.1, 0.15) is 5.76 Å². The van der Waals surface area contributed by atoms with Crippen molar-refractivity contribution < 1.29 is 28.6 Å². The molecule has 0 radical (unpaired) electrons. The van der Waals surface area contributed by atoms with Gasteiger partial charge in [-0.05, 0) is 55.0 Å². The molecule has 3 heterocycles. The summed E-state index contributed by atoms with van der Waals surface area (Å²) in [5.74, 6) is -2.12. The summed E-state index contributed by atoms with van der Waals surface area (Å²) in [6.07, 6.45) is 0. The number of hydrogen-bond donors (Lipinski definition) is 1. The molecule has 8 nitrogen and oxygen atoms in total. The lowest BCUT2D eigenvalue weighted by atomic mass is 9.94. The zero-order valence-electron chi connectivity index (χ0n) is 18.4. The fourth-order valence-corrected chi connectivity index (χ4v) is 5.22. The number of amides is 1. The number of carbonyl (C=O) groups excluding carboxylic acids is 3. The van der Waals surface area contributed by atoms with Crippen molar-refractivity contribution in [1.82, 2.24) is 4.98 Å². The Labute approximate surface area is 208 Å². The highest BCUT2D eigenvalue weighted by Crippen LogP contribution is 2.44. The topological polar surface area (TPSA) is 110 Å². The summed E-state index contributed by atoms with van der Waals surface area (Å²) in [7, 11) is 1.27. The second-order valence-electron chi connectivity index (χ2n) is 7.80. The summed E-state index contributed by atoms with van der Waals surface area (Å²) in [4.78, 5) is 44.4. The highest BCUT2D eigenvalue weighted by molar-refractivity contribution is 7.22. The Hall–Kier alpha value is -3.95. The van der Waals surface area contributed by atoms with Gasteiger partial charge in [-0.2, -0.15) is 0 Å². The fraction of sp³-hybridized carbons (Fsp3) is 0.120. The van der Waals surface area contributed by atoms with Gasteiger partial charge in [0.05, 0.1) is 34.5 Å². The molecule has 4 aromatic rings. The number of methoxy groups -OCH3 is 1. The van der Waals surface area contributed by atoms with Crippen LogP contribution in [0.15, 0.2) is 70.3 Å². The molecule has 10 heteroatoms. The molecule has 0 bridgehead atoms. The number of benzene rings is 2. The third kappa shape index (κ3) is 3.88. The van der Waals surface area contributed by atoms with Gasteiger partial charge in [0.15, 0.2) is 16.7 Å². The van der Waals surface area contributed by atoms with Crippen LogP contribution in [0.4, 0.5) is 5.13 Å². The lowest BCUT2D eigenvalue weighted by Gasteiger charge is -2.24. The summed E-state index contributed by atoms with van der Waals surface area (Å²) in [6, 6.07) is 13.5. The molecule has 5 rings (SSSR count). The lowest BCUT2D eigenvalue weighted by Crippen LogP contribution is -2.31. The highest BCUT2D eigenvalue weighted by atomic mass is 35.5. The Morgan fingerprint density at radius 1 is 1.14 bits per heavy atom. The SMILES string of the molecule is COC(=O)c1ccc(C2C(C(=O)c3ccc(C)o3)=C(O)C(=O)N2c2nc3ccc(Cl)cc3s2)cc1. The third-order valence-electron chi connectivity index (χ3n) is 5.61. The number of nitrogens with zero attached hydrogens (tertiary/aromatic N) is 2. The first-order valence-corrected chi connectivity index (χ1v) is 11.6. The molecule has 176 valence electrons. The number of Topliss-reactive ketones (excluding diaryl/α,β-unsaturated/α-hetero) is 1. The quantitative estimate of drug-likeness (QED) is 0.283. The zero-order valence-corrected chi connectivity index (χ0v) is 20.0. The van der Waals surface area contributed by atoms with Crippen molar-refractivity contribution in [2.45, 2.75) is 13.0 Å². The number of esters is 1. The smallest absolute Gasteiger partial charge is 0.337 e. The molecule has 0 saturated carbocycles. The maximum Gasteiger partial charge on any atom is 0.337 e. The zero-order chi connectivity index (χ0) is 24.9. The molecule has 2 aromatic heterocycles. The maximum absolute atomic E-state index is 13.4. The number of aryl methyl sites for hydroxylation is 1. The summed E-state index contributed by atoms with van der Waals surface area (Å²) in [6.45, 7) is 1.69. The molecule has 0 fully saturated rings. The van der Waals surface area contributed by atoms with Crippen LogP contribution in [0.3, 0.4) is 0 Å². The van der Waals surface area contributed by atoms with E-state index in [-0.39, 0.29) is 16.5 Å². The molecule has 1 amide bonds. The van der Waals surface area contributed by atoms with E-state index in [2.05, 4.69) is 4.98 Å². The molecule has 0 aliphatic carbocycles. The average Bonchev–Trinajstić information content (AvgIpc) is 3.54. The van der Waals surface area contributed by atoms with Gasteiger partial charge in [-0.15, -0.1) is 0 Å². The number of aromatic nitrogens is 1. The monoisotopic (exact) mass is 508 g/mol. The van der Waals surface area contributed by atoms with Crippen LogP contribution in [0.5, 0.6) is 0 Å². The van der Waals surface area contributed by atoms with E-state index in [0.717, 1.165) is 4.70 Å². The second-order valence-corrected chi connectivity index (χ2v) is 9.25. The van der Waals surface area contributed by atoms with Crippen molar-refractivity contribution >= 4 is 55.9 Å². The summed E-state index contributed by atoms with van der Waals surface area (Å²) in [5.41, 5.74) is 1.25. The van der Waals surface area contributed by atoms with Crippen molar-refractivity contribution in [2.24, 2.45) is 0 Å². The van der Waals surface area contributed by atoms with Crippen LogP contribution < -0.4 is 4.90 Å². The predicted octanol–water partition coefficient (Wildman–Crippen LogP) is 5.42. The van der Waals surface area contributed by atoms with Gasteiger partial charge in [0.25, 0.3) is 5.91 Å². The van der Waals surface area contributed by atoms with E-state index >= 15 is 0 Å². The highest BCUT2D eigenvalue weighted by Gasteiger charge is 2.46. The van der Waals surface area contributed by atoms with Crippen molar-refractivity contribution in [1.29, 1.82) is 0 Å². The van der Waals surface area contributed by atoms with Crippen LogP contribution in [-0.2, 0) is 9.53 Å². The van der Waals surface area contributed by atoms with Crippen LogP contribution in [0.25, 0.3) is 10.2 Å². The molecule has 1 aliphatic heterocycles. The Morgan fingerprint density at radius 3 is 2.54 bits per heavy atom. The molecular formula is C25H17ClN2O6S. The summed E-state index contributed by atoms with van der Waals surface area (Å²) < 4.78 is 11.0. The summed E-state index contributed by atoms with van der Waals surface area (Å²) in [5, 5.41) is 11.7. The molecule has 1 N–H and O–H groups in total. The number of fused-ring (bicyclic) bond motifs is 1. The summed E-state index contributed by atoms with van der Waals surface area (Å²) >= 11 is 7.31. The third-order valence-corrected chi connectivity index (χ3v) is 6.86. The van der Waals surface area contributed by atoms with Crippen molar-refractivity contribution in [3.63, 3.8) is 0 Å². The van der Waals surface area contributed by atoms with Crippen LogP contribution >= 0.6 is 22.9 Å². The lowest BCUT2D eigenvalue weighted by molar-refractivity contribution is -0.117. The minimum Gasteiger partial charge on any atom is -0.503 e. The number of aliphatic hydroxyl groups excluding tert-OH is 1. The van der Waals surface area contributed by atoms with Gasteiger partial charge in [0.2, 0.25) is 5.78 Å². The minimum atomic E-state index is -1.01. The van der Waals surface area contributed by atoms with Gasteiger partial charge >= 0.3 is 5.97 Å². The number of anilines is 1. The Morgan fingerprint density at radius 2 is 1.89 bits per heavy atom. The first-order chi connectivity index (χ1) is 16.8. The first-order valence-electron chi connectivity index (χ1n) is 10.4. The fourth-order valence-electron chi connectivity index (χ4n) is 3.95. The van der Waals surface area contributed by atoms with E-state index in [9.17, 15) is 19.5 Å². The van der Waals surface area contributed by atoms with Gasteiger partial charge in [0, 0.05) is 5.02 Å². The number of thiazole rings is 1. The van der Waals surface area contributed by atoms with E-state index in [1.54, 1.807) is 43.3 Å². The Kier molecular flexibility index (Phi) is 5.66.